The zero-order chi connectivity index (χ0) is 14.1. The Balaban J connectivity index is 2.34. The van der Waals surface area contributed by atoms with E-state index in [2.05, 4.69) is 15.9 Å². The zero-order valence-electron chi connectivity index (χ0n) is 11.4. The number of methoxy groups -OCH3 is 1. The SMILES string of the molecule is COCCOCCCOc1cc(Br)ccc1C(C)O. The van der Waals surface area contributed by atoms with Crippen LogP contribution in [0.3, 0.4) is 0 Å². The summed E-state index contributed by atoms with van der Waals surface area (Å²) in [5, 5.41) is 9.66. The Morgan fingerprint density at radius 1 is 1.21 bits per heavy atom. The summed E-state index contributed by atoms with van der Waals surface area (Å²) in [5.74, 6) is 0.710. The molecule has 1 rings (SSSR count). The van der Waals surface area contributed by atoms with E-state index in [4.69, 9.17) is 14.2 Å². The van der Waals surface area contributed by atoms with Gasteiger partial charge in [0.05, 0.1) is 25.9 Å². The topological polar surface area (TPSA) is 47.9 Å². The summed E-state index contributed by atoms with van der Waals surface area (Å²) in [4.78, 5) is 0. The van der Waals surface area contributed by atoms with E-state index in [0.29, 0.717) is 32.2 Å². The average Bonchev–Trinajstić information content (AvgIpc) is 2.37. The molecule has 5 heteroatoms. The highest BCUT2D eigenvalue weighted by atomic mass is 79.9. The molecular weight excluding hydrogens is 312 g/mol. The molecule has 0 aliphatic heterocycles. The van der Waals surface area contributed by atoms with Gasteiger partial charge in [-0.15, -0.1) is 0 Å². The van der Waals surface area contributed by atoms with Crippen molar-refractivity contribution in [3.63, 3.8) is 0 Å². The van der Waals surface area contributed by atoms with Gasteiger partial charge in [0.15, 0.2) is 0 Å². The van der Waals surface area contributed by atoms with Crippen LogP contribution in [0.5, 0.6) is 5.75 Å². The van der Waals surface area contributed by atoms with Crippen molar-refractivity contribution in [2.24, 2.45) is 0 Å². The minimum absolute atomic E-state index is 0.541. The molecule has 19 heavy (non-hydrogen) atoms. The molecule has 108 valence electrons. The number of aliphatic hydroxyl groups excluding tert-OH is 1. The maximum atomic E-state index is 9.66. The summed E-state index contributed by atoms with van der Waals surface area (Å²) in [7, 11) is 1.65. The zero-order valence-corrected chi connectivity index (χ0v) is 13.0. The number of rotatable bonds is 9. The Bertz CT molecular complexity index is 368. The highest BCUT2D eigenvalue weighted by molar-refractivity contribution is 9.10. The van der Waals surface area contributed by atoms with Crippen LogP contribution in [-0.4, -0.2) is 38.6 Å². The fourth-order valence-corrected chi connectivity index (χ4v) is 1.91. The smallest absolute Gasteiger partial charge is 0.126 e. The van der Waals surface area contributed by atoms with Crippen LogP contribution in [0.1, 0.15) is 25.0 Å². The fraction of sp³-hybridized carbons (Fsp3) is 0.571. The lowest BCUT2D eigenvalue weighted by Gasteiger charge is -2.14. The number of aliphatic hydroxyl groups is 1. The molecule has 1 atom stereocenters. The van der Waals surface area contributed by atoms with Crippen molar-refractivity contribution in [1.82, 2.24) is 0 Å². The van der Waals surface area contributed by atoms with Crippen molar-refractivity contribution in [3.05, 3.63) is 28.2 Å². The first-order valence-electron chi connectivity index (χ1n) is 6.32. The molecule has 1 N–H and O–H groups in total. The van der Waals surface area contributed by atoms with E-state index in [0.717, 1.165) is 16.5 Å². The van der Waals surface area contributed by atoms with Gasteiger partial charge in [-0.1, -0.05) is 22.0 Å². The second kappa shape index (κ2) is 9.31. The summed E-state index contributed by atoms with van der Waals surface area (Å²) in [6, 6.07) is 5.62. The lowest BCUT2D eigenvalue weighted by Crippen LogP contribution is -2.08. The molecule has 0 aromatic heterocycles. The standard InChI is InChI=1S/C14H21BrO4/c1-11(16)13-5-4-12(15)10-14(13)19-7-3-6-18-9-8-17-2/h4-5,10-11,16H,3,6-9H2,1-2H3. The van der Waals surface area contributed by atoms with Crippen LogP contribution in [0.4, 0.5) is 0 Å². The van der Waals surface area contributed by atoms with Crippen LogP contribution in [0.15, 0.2) is 22.7 Å². The molecule has 0 aliphatic rings. The van der Waals surface area contributed by atoms with Crippen molar-refractivity contribution >= 4 is 15.9 Å². The van der Waals surface area contributed by atoms with Gasteiger partial charge in [-0.05, 0) is 19.1 Å². The molecule has 0 saturated heterocycles. The van der Waals surface area contributed by atoms with Gasteiger partial charge in [-0.3, -0.25) is 0 Å². The van der Waals surface area contributed by atoms with E-state index >= 15 is 0 Å². The van der Waals surface area contributed by atoms with Gasteiger partial charge in [0.25, 0.3) is 0 Å². The van der Waals surface area contributed by atoms with Gasteiger partial charge in [-0.25, -0.2) is 0 Å². The molecule has 0 heterocycles. The van der Waals surface area contributed by atoms with Crippen molar-refractivity contribution in [1.29, 1.82) is 0 Å². The first kappa shape index (κ1) is 16.4. The van der Waals surface area contributed by atoms with Crippen LogP contribution in [0, 0.1) is 0 Å². The molecule has 0 amide bonds. The van der Waals surface area contributed by atoms with Gasteiger partial charge in [0.1, 0.15) is 5.75 Å². The first-order valence-corrected chi connectivity index (χ1v) is 7.11. The van der Waals surface area contributed by atoms with Gasteiger partial charge in [-0.2, -0.15) is 0 Å². The molecule has 0 radical (unpaired) electrons. The Labute approximate surface area is 122 Å². The van der Waals surface area contributed by atoms with E-state index in [1.54, 1.807) is 14.0 Å². The Hall–Kier alpha value is -0.620. The third kappa shape index (κ3) is 6.38. The Morgan fingerprint density at radius 2 is 2.00 bits per heavy atom. The van der Waals surface area contributed by atoms with E-state index in [-0.39, 0.29) is 0 Å². The molecule has 0 bridgehead atoms. The predicted octanol–water partition coefficient (Wildman–Crippen LogP) is 2.93. The minimum atomic E-state index is -0.541. The highest BCUT2D eigenvalue weighted by Crippen LogP contribution is 2.28. The number of benzene rings is 1. The number of halogens is 1. The fourth-order valence-electron chi connectivity index (χ4n) is 1.57. The summed E-state index contributed by atoms with van der Waals surface area (Å²) in [6.45, 7) is 4.14. The Morgan fingerprint density at radius 3 is 2.68 bits per heavy atom. The van der Waals surface area contributed by atoms with E-state index < -0.39 is 6.10 Å². The third-order valence-electron chi connectivity index (χ3n) is 2.55. The average molecular weight is 333 g/mol. The quantitative estimate of drug-likeness (QED) is 0.706. The van der Waals surface area contributed by atoms with Crippen molar-refractivity contribution in [3.8, 4) is 5.75 Å². The number of hydrogen-bond donors (Lipinski definition) is 1. The second-order valence-corrected chi connectivity index (χ2v) is 5.08. The maximum absolute atomic E-state index is 9.66. The van der Waals surface area contributed by atoms with E-state index in [9.17, 15) is 5.11 Å². The van der Waals surface area contributed by atoms with Crippen molar-refractivity contribution in [2.75, 3.05) is 33.5 Å². The van der Waals surface area contributed by atoms with Gasteiger partial charge < -0.3 is 19.3 Å². The largest absolute Gasteiger partial charge is 0.493 e. The molecule has 1 aromatic rings. The van der Waals surface area contributed by atoms with E-state index in [1.807, 2.05) is 18.2 Å². The molecule has 1 unspecified atom stereocenters. The van der Waals surface area contributed by atoms with Gasteiger partial charge in [0.2, 0.25) is 0 Å². The van der Waals surface area contributed by atoms with E-state index in [1.165, 1.54) is 0 Å². The predicted molar refractivity (Wildman–Crippen MR) is 77.6 cm³/mol. The Kier molecular flexibility index (Phi) is 8.05. The van der Waals surface area contributed by atoms with Crippen LogP contribution in [0.2, 0.25) is 0 Å². The summed E-state index contributed by atoms with van der Waals surface area (Å²) in [5.41, 5.74) is 0.795. The van der Waals surface area contributed by atoms with Crippen molar-refractivity contribution in [2.45, 2.75) is 19.4 Å². The summed E-state index contributed by atoms with van der Waals surface area (Å²) in [6.07, 6.45) is 0.260. The van der Waals surface area contributed by atoms with Gasteiger partial charge >= 0.3 is 0 Å². The normalized spacial score (nSPS) is 12.4. The molecular formula is C14H21BrO4. The molecule has 4 nitrogen and oxygen atoms in total. The van der Waals surface area contributed by atoms with Crippen LogP contribution >= 0.6 is 15.9 Å². The summed E-state index contributed by atoms with van der Waals surface area (Å²) < 4.78 is 16.9. The highest BCUT2D eigenvalue weighted by Gasteiger charge is 2.09. The monoisotopic (exact) mass is 332 g/mol. The number of hydrogen-bond acceptors (Lipinski definition) is 4. The molecule has 0 fully saturated rings. The maximum Gasteiger partial charge on any atom is 0.126 e. The van der Waals surface area contributed by atoms with Crippen LogP contribution in [0.25, 0.3) is 0 Å². The lowest BCUT2D eigenvalue weighted by molar-refractivity contribution is 0.0642. The summed E-state index contributed by atoms with van der Waals surface area (Å²) >= 11 is 3.40. The molecule has 1 aromatic carbocycles. The molecule has 0 aliphatic carbocycles. The molecule has 0 spiro atoms. The van der Waals surface area contributed by atoms with Crippen LogP contribution in [-0.2, 0) is 9.47 Å². The lowest BCUT2D eigenvalue weighted by atomic mass is 10.1. The third-order valence-corrected chi connectivity index (χ3v) is 3.04. The van der Waals surface area contributed by atoms with Crippen molar-refractivity contribution < 1.29 is 19.3 Å². The molecule has 0 saturated carbocycles. The first-order chi connectivity index (χ1) is 9.15. The van der Waals surface area contributed by atoms with Crippen LogP contribution < -0.4 is 4.74 Å². The van der Waals surface area contributed by atoms with Gasteiger partial charge in [0, 0.05) is 30.2 Å². The minimum Gasteiger partial charge on any atom is -0.493 e. The second-order valence-electron chi connectivity index (χ2n) is 4.17. The number of ether oxygens (including phenoxy) is 3.